The summed E-state index contributed by atoms with van der Waals surface area (Å²) in [5.41, 5.74) is -1.11. The highest BCUT2D eigenvalue weighted by Crippen LogP contribution is 2.37. The number of amides is 1. The molecule has 0 radical (unpaired) electrons. The number of nitrogens with zero attached hydrogens (tertiary/aromatic N) is 1. The molecule has 0 aromatic heterocycles. The molecule has 3 rings (SSSR count). The van der Waals surface area contributed by atoms with E-state index in [0.717, 1.165) is 38.2 Å². The molecular formula is C21H29F3N2O4S. The van der Waals surface area contributed by atoms with E-state index < -0.39 is 27.6 Å². The van der Waals surface area contributed by atoms with E-state index in [1.807, 2.05) is 0 Å². The molecule has 1 aromatic rings. The van der Waals surface area contributed by atoms with Crippen molar-refractivity contribution >= 4 is 21.4 Å². The Balaban J connectivity index is 1.77. The molecule has 1 heterocycles. The van der Waals surface area contributed by atoms with Crippen LogP contribution in [0.2, 0.25) is 0 Å². The fourth-order valence-corrected chi connectivity index (χ4v) is 6.20. The summed E-state index contributed by atoms with van der Waals surface area (Å²) in [7, 11) is -3.19. The van der Waals surface area contributed by atoms with Crippen molar-refractivity contribution in [3.63, 3.8) is 0 Å². The highest BCUT2D eigenvalue weighted by atomic mass is 32.2. The van der Waals surface area contributed by atoms with Gasteiger partial charge >= 0.3 is 6.18 Å². The van der Waals surface area contributed by atoms with Gasteiger partial charge in [0.15, 0.2) is 9.84 Å². The summed E-state index contributed by atoms with van der Waals surface area (Å²) >= 11 is 0. The van der Waals surface area contributed by atoms with Gasteiger partial charge in [0.25, 0.3) is 0 Å². The topological polar surface area (TPSA) is 75.7 Å². The Morgan fingerprint density at radius 3 is 2.45 bits per heavy atom. The van der Waals surface area contributed by atoms with Gasteiger partial charge in [0, 0.05) is 17.8 Å². The number of ether oxygens (including phenoxy) is 1. The Morgan fingerprint density at radius 1 is 1.16 bits per heavy atom. The minimum absolute atomic E-state index is 0.0404. The van der Waals surface area contributed by atoms with Crippen LogP contribution in [0.25, 0.3) is 0 Å². The van der Waals surface area contributed by atoms with Crippen LogP contribution in [0.15, 0.2) is 18.2 Å². The van der Waals surface area contributed by atoms with Gasteiger partial charge in [-0.25, -0.2) is 8.42 Å². The first-order chi connectivity index (χ1) is 14.6. The molecule has 1 aliphatic carbocycles. The minimum Gasteiger partial charge on any atom is -0.494 e. The Morgan fingerprint density at radius 2 is 1.87 bits per heavy atom. The van der Waals surface area contributed by atoms with E-state index in [1.54, 1.807) is 11.8 Å². The lowest BCUT2D eigenvalue weighted by molar-refractivity contribution is -0.137. The quantitative estimate of drug-likeness (QED) is 0.666. The van der Waals surface area contributed by atoms with Gasteiger partial charge in [-0.1, -0.05) is 19.3 Å². The molecule has 31 heavy (non-hydrogen) atoms. The number of benzene rings is 1. The molecule has 2 aliphatic rings. The van der Waals surface area contributed by atoms with Crippen LogP contribution in [0.4, 0.5) is 18.9 Å². The molecule has 1 unspecified atom stereocenters. The van der Waals surface area contributed by atoms with Crippen LogP contribution in [0.3, 0.4) is 0 Å². The van der Waals surface area contributed by atoms with Crippen LogP contribution in [0, 0.1) is 0 Å². The van der Waals surface area contributed by atoms with Gasteiger partial charge in [-0.15, -0.1) is 0 Å². The van der Waals surface area contributed by atoms with E-state index in [-0.39, 0.29) is 48.0 Å². The fourth-order valence-electron chi connectivity index (χ4n) is 4.49. The van der Waals surface area contributed by atoms with Gasteiger partial charge < -0.3 is 15.0 Å². The lowest BCUT2D eigenvalue weighted by Crippen LogP contribution is -2.50. The average Bonchev–Trinajstić information content (AvgIpc) is 3.06. The van der Waals surface area contributed by atoms with Crippen molar-refractivity contribution < 1.29 is 31.1 Å². The first-order valence-corrected chi connectivity index (χ1v) is 12.5. The maximum absolute atomic E-state index is 13.5. The summed E-state index contributed by atoms with van der Waals surface area (Å²) in [5.74, 6) is -0.298. The first kappa shape index (κ1) is 23.7. The fraction of sp³-hybridized carbons (Fsp3) is 0.667. The molecule has 1 saturated carbocycles. The molecule has 6 nitrogen and oxygen atoms in total. The number of halogens is 3. The second-order valence-electron chi connectivity index (χ2n) is 8.14. The highest BCUT2D eigenvalue weighted by Gasteiger charge is 2.39. The summed E-state index contributed by atoms with van der Waals surface area (Å²) < 4.78 is 69.7. The molecule has 1 atom stereocenters. The summed E-state index contributed by atoms with van der Waals surface area (Å²) in [6.45, 7) is 1.59. The second kappa shape index (κ2) is 9.67. The largest absolute Gasteiger partial charge is 0.494 e. The van der Waals surface area contributed by atoms with Gasteiger partial charge in [0.2, 0.25) is 5.91 Å². The van der Waals surface area contributed by atoms with Gasteiger partial charge in [-0.2, -0.15) is 13.2 Å². The van der Waals surface area contributed by atoms with Crippen LogP contribution in [0.1, 0.15) is 51.0 Å². The van der Waals surface area contributed by atoms with Crippen molar-refractivity contribution in [3.8, 4) is 5.75 Å². The van der Waals surface area contributed by atoms with Gasteiger partial charge in [0.05, 0.1) is 30.2 Å². The summed E-state index contributed by atoms with van der Waals surface area (Å²) in [4.78, 5) is 14.7. The predicted octanol–water partition coefficient (Wildman–Crippen LogP) is 3.86. The third-order valence-corrected chi connectivity index (χ3v) is 7.65. The molecule has 0 bridgehead atoms. The van der Waals surface area contributed by atoms with Crippen LogP contribution in [-0.4, -0.2) is 56.0 Å². The van der Waals surface area contributed by atoms with Gasteiger partial charge in [0.1, 0.15) is 5.75 Å². The smallest absolute Gasteiger partial charge is 0.418 e. The third kappa shape index (κ3) is 6.05. The van der Waals surface area contributed by atoms with E-state index in [2.05, 4.69) is 5.32 Å². The monoisotopic (exact) mass is 462 g/mol. The normalized spacial score (nSPS) is 21.6. The Hall–Kier alpha value is -1.97. The predicted molar refractivity (Wildman–Crippen MR) is 112 cm³/mol. The number of carbonyl (C=O) groups is 1. The van der Waals surface area contributed by atoms with Gasteiger partial charge in [-0.05, 0) is 44.4 Å². The SMILES string of the molecule is CCOc1ccc(NCC(=O)N(C2CCCCC2)C2CCS(=O)(=O)C2)c(C(F)(F)F)c1. The summed E-state index contributed by atoms with van der Waals surface area (Å²) in [6.07, 6.45) is 0.332. The molecule has 2 fully saturated rings. The van der Waals surface area contributed by atoms with E-state index in [0.29, 0.717) is 6.42 Å². The van der Waals surface area contributed by atoms with E-state index >= 15 is 0 Å². The molecular weight excluding hydrogens is 433 g/mol. The van der Waals surface area contributed by atoms with E-state index in [9.17, 15) is 26.4 Å². The van der Waals surface area contributed by atoms with Crippen molar-refractivity contribution in [3.05, 3.63) is 23.8 Å². The van der Waals surface area contributed by atoms with Crippen LogP contribution >= 0.6 is 0 Å². The Kier molecular flexibility index (Phi) is 7.39. The number of hydrogen-bond donors (Lipinski definition) is 1. The summed E-state index contributed by atoms with van der Waals surface area (Å²) in [6, 6.07) is 3.12. The molecule has 1 N–H and O–H groups in total. The van der Waals surface area contributed by atoms with Crippen molar-refractivity contribution in [1.82, 2.24) is 4.90 Å². The number of rotatable bonds is 7. The number of alkyl halides is 3. The van der Waals surface area contributed by atoms with Gasteiger partial charge in [-0.3, -0.25) is 4.79 Å². The van der Waals surface area contributed by atoms with Crippen LogP contribution in [-0.2, 0) is 20.8 Å². The Labute approximate surface area is 181 Å². The van der Waals surface area contributed by atoms with Crippen molar-refractivity contribution in [2.45, 2.75) is 63.7 Å². The lowest BCUT2D eigenvalue weighted by atomic mass is 9.93. The molecule has 10 heteroatoms. The molecule has 1 saturated heterocycles. The van der Waals surface area contributed by atoms with Crippen LogP contribution in [0.5, 0.6) is 5.75 Å². The lowest BCUT2D eigenvalue weighted by Gasteiger charge is -2.38. The van der Waals surface area contributed by atoms with Crippen molar-refractivity contribution in [2.75, 3.05) is 30.0 Å². The zero-order chi connectivity index (χ0) is 22.6. The number of nitrogens with one attached hydrogen (secondary N) is 1. The maximum Gasteiger partial charge on any atom is 0.418 e. The summed E-state index contributed by atoms with van der Waals surface area (Å²) in [5, 5.41) is 2.64. The standard InChI is InChI=1S/C21H29F3N2O4S/c1-2-30-17-8-9-19(18(12-17)21(22,23)24)25-13-20(27)26(15-6-4-3-5-7-15)16-10-11-31(28,29)14-16/h8-9,12,15-16,25H,2-7,10-11,13-14H2,1H3. The molecule has 1 aromatic carbocycles. The van der Waals surface area contributed by atoms with E-state index in [1.165, 1.54) is 12.1 Å². The van der Waals surface area contributed by atoms with Crippen molar-refractivity contribution in [2.24, 2.45) is 0 Å². The molecule has 174 valence electrons. The van der Waals surface area contributed by atoms with Crippen LogP contribution < -0.4 is 10.1 Å². The average molecular weight is 463 g/mol. The molecule has 0 spiro atoms. The number of carbonyl (C=O) groups excluding carboxylic acids is 1. The molecule has 1 amide bonds. The number of anilines is 1. The second-order valence-corrected chi connectivity index (χ2v) is 10.4. The minimum atomic E-state index is -4.61. The zero-order valence-electron chi connectivity index (χ0n) is 17.6. The molecule has 1 aliphatic heterocycles. The number of sulfone groups is 1. The first-order valence-electron chi connectivity index (χ1n) is 10.7. The zero-order valence-corrected chi connectivity index (χ0v) is 18.4. The highest BCUT2D eigenvalue weighted by molar-refractivity contribution is 7.91. The van der Waals surface area contributed by atoms with E-state index in [4.69, 9.17) is 4.74 Å². The maximum atomic E-state index is 13.5. The van der Waals surface area contributed by atoms with Crippen molar-refractivity contribution in [1.29, 1.82) is 0 Å². The number of hydrogen-bond acceptors (Lipinski definition) is 5. The third-order valence-electron chi connectivity index (χ3n) is 5.90. The Bertz CT molecular complexity index is 883.